The summed E-state index contributed by atoms with van der Waals surface area (Å²) < 4.78 is 1.26. The van der Waals surface area contributed by atoms with Crippen molar-refractivity contribution in [3.05, 3.63) is 54.5 Å². The predicted molar refractivity (Wildman–Crippen MR) is 102 cm³/mol. The number of hydrogen-bond donors (Lipinski definition) is 2. The number of ketones is 1. The van der Waals surface area contributed by atoms with Crippen molar-refractivity contribution in [2.75, 3.05) is 0 Å². The van der Waals surface area contributed by atoms with E-state index >= 15 is 0 Å². The molecule has 120 valence electrons. The summed E-state index contributed by atoms with van der Waals surface area (Å²) in [5, 5.41) is 12.0. The van der Waals surface area contributed by atoms with Crippen molar-refractivity contribution in [3.8, 4) is 5.75 Å². The Morgan fingerprint density at radius 1 is 1.04 bits per heavy atom. The average molecular weight is 489 g/mol. The summed E-state index contributed by atoms with van der Waals surface area (Å²) in [7, 11) is 0. The fourth-order valence-corrected chi connectivity index (χ4v) is 3.63. The quantitative estimate of drug-likeness (QED) is 0.439. The standard InChI is InChI=1S/C16H6Br2Cl2N2O2/c17-7-1-5-11(3-9(7)19)21-13(15(5)23)14-16(24)6-2-8(18)10(20)4-12(6)22-14/h1-4,21,23H. The lowest BCUT2D eigenvalue weighted by molar-refractivity contribution is 0.106. The Morgan fingerprint density at radius 3 is 2.46 bits per heavy atom. The zero-order valence-corrected chi connectivity index (χ0v) is 16.3. The van der Waals surface area contributed by atoms with Gasteiger partial charge in [-0.3, -0.25) is 4.79 Å². The van der Waals surface area contributed by atoms with Crippen molar-refractivity contribution in [3.63, 3.8) is 0 Å². The van der Waals surface area contributed by atoms with E-state index in [-0.39, 0.29) is 22.9 Å². The largest absolute Gasteiger partial charge is 0.505 e. The van der Waals surface area contributed by atoms with E-state index in [2.05, 4.69) is 41.8 Å². The van der Waals surface area contributed by atoms with Crippen molar-refractivity contribution >= 4 is 83.1 Å². The average Bonchev–Trinajstić information content (AvgIpc) is 3.00. The van der Waals surface area contributed by atoms with Crippen LogP contribution in [-0.4, -0.2) is 21.6 Å². The molecule has 24 heavy (non-hydrogen) atoms. The number of benzene rings is 2. The molecule has 1 aromatic heterocycles. The van der Waals surface area contributed by atoms with Gasteiger partial charge in [-0.15, -0.1) is 0 Å². The van der Waals surface area contributed by atoms with E-state index in [1.165, 1.54) is 0 Å². The molecule has 0 amide bonds. The number of aromatic nitrogens is 1. The molecule has 0 unspecified atom stereocenters. The van der Waals surface area contributed by atoms with Gasteiger partial charge in [0, 0.05) is 14.3 Å². The second-order valence-corrected chi connectivity index (χ2v) is 7.76. The van der Waals surface area contributed by atoms with Crippen LogP contribution in [0.1, 0.15) is 16.1 Å². The molecular formula is C16H6Br2Cl2N2O2. The number of halogens is 4. The van der Waals surface area contributed by atoms with Crippen molar-refractivity contribution in [1.82, 2.24) is 4.98 Å². The molecule has 0 spiro atoms. The molecule has 0 bridgehead atoms. The summed E-state index contributed by atoms with van der Waals surface area (Å²) in [6, 6.07) is 6.60. The summed E-state index contributed by atoms with van der Waals surface area (Å²) in [6.45, 7) is 0. The number of fused-ring (bicyclic) bond motifs is 2. The minimum atomic E-state index is -0.283. The normalized spacial score (nSPS) is 13.5. The second kappa shape index (κ2) is 5.59. The van der Waals surface area contributed by atoms with Gasteiger partial charge in [-0.2, -0.15) is 0 Å². The van der Waals surface area contributed by atoms with Gasteiger partial charge in [0.1, 0.15) is 11.4 Å². The molecular weight excluding hydrogens is 483 g/mol. The molecule has 2 heterocycles. The highest BCUT2D eigenvalue weighted by Gasteiger charge is 2.30. The lowest BCUT2D eigenvalue weighted by Crippen LogP contribution is -2.11. The number of carbonyl (C=O) groups is 1. The summed E-state index contributed by atoms with van der Waals surface area (Å²) in [6.07, 6.45) is 0. The number of nitrogens with one attached hydrogen (secondary N) is 1. The molecule has 4 rings (SSSR count). The molecule has 0 radical (unpaired) electrons. The Morgan fingerprint density at radius 2 is 1.71 bits per heavy atom. The molecule has 8 heteroatoms. The van der Waals surface area contributed by atoms with Gasteiger partial charge in [-0.25, -0.2) is 4.99 Å². The number of hydrogen-bond acceptors (Lipinski definition) is 3. The molecule has 2 N–H and O–H groups in total. The molecule has 1 aliphatic heterocycles. The number of nitrogens with zero attached hydrogens (tertiary/aromatic N) is 1. The van der Waals surface area contributed by atoms with Crippen molar-refractivity contribution < 1.29 is 9.90 Å². The molecule has 0 saturated carbocycles. The predicted octanol–water partition coefficient (Wildman–Crippen LogP) is 6.02. The third kappa shape index (κ3) is 2.32. The molecule has 1 aliphatic rings. The topological polar surface area (TPSA) is 65.5 Å². The van der Waals surface area contributed by atoms with Gasteiger partial charge in [0.05, 0.1) is 26.8 Å². The molecule has 0 fully saturated rings. The van der Waals surface area contributed by atoms with E-state index in [1.54, 1.807) is 24.3 Å². The van der Waals surface area contributed by atoms with Crippen molar-refractivity contribution in [1.29, 1.82) is 0 Å². The fourth-order valence-electron chi connectivity index (χ4n) is 2.62. The van der Waals surface area contributed by atoms with E-state index in [0.29, 0.717) is 41.1 Å². The Labute approximate surface area is 162 Å². The van der Waals surface area contributed by atoms with Crippen LogP contribution < -0.4 is 0 Å². The van der Waals surface area contributed by atoms with Gasteiger partial charge in [-0.05, 0) is 56.1 Å². The number of rotatable bonds is 1. The number of H-pyrrole nitrogens is 1. The van der Waals surface area contributed by atoms with E-state index in [4.69, 9.17) is 23.2 Å². The van der Waals surface area contributed by atoms with E-state index in [0.717, 1.165) is 0 Å². The van der Waals surface area contributed by atoms with E-state index in [1.807, 2.05) is 0 Å². The summed E-state index contributed by atoms with van der Waals surface area (Å²) in [5.41, 5.74) is 1.91. The SMILES string of the molecule is O=C1C(c2[nH]c3cc(Cl)c(Br)cc3c2O)=Nc2cc(Cl)c(Br)cc21. The van der Waals surface area contributed by atoms with Crippen LogP contribution in [0.5, 0.6) is 5.75 Å². The van der Waals surface area contributed by atoms with Gasteiger partial charge >= 0.3 is 0 Å². The van der Waals surface area contributed by atoms with Gasteiger partial charge < -0.3 is 10.1 Å². The highest BCUT2D eigenvalue weighted by atomic mass is 79.9. The Bertz CT molecular complexity index is 1090. The van der Waals surface area contributed by atoms with Crippen LogP contribution in [0, 0.1) is 0 Å². The molecule has 0 saturated heterocycles. The first-order valence-electron chi connectivity index (χ1n) is 6.69. The number of aromatic hydroxyl groups is 1. The van der Waals surface area contributed by atoms with E-state index in [9.17, 15) is 9.90 Å². The first-order chi connectivity index (χ1) is 11.4. The molecule has 2 aromatic carbocycles. The monoisotopic (exact) mass is 486 g/mol. The Hall–Kier alpha value is -1.34. The maximum Gasteiger partial charge on any atom is 0.215 e. The van der Waals surface area contributed by atoms with Gasteiger partial charge in [0.25, 0.3) is 0 Å². The fraction of sp³-hybridized carbons (Fsp3) is 0. The van der Waals surface area contributed by atoms with Gasteiger partial charge in [0.2, 0.25) is 5.78 Å². The van der Waals surface area contributed by atoms with Crippen LogP contribution in [0.15, 0.2) is 38.2 Å². The number of Topliss-reactive ketones (excluding diaryl/α,β-unsaturated/α-hetero) is 1. The maximum absolute atomic E-state index is 12.7. The third-order valence-corrected chi connectivity index (χ3v) is 6.17. The van der Waals surface area contributed by atoms with Crippen LogP contribution in [0.2, 0.25) is 10.0 Å². The van der Waals surface area contributed by atoms with Crippen LogP contribution >= 0.6 is 55.1 Å². The van der Waals surface area contributed by atoms with E-state index < -0.39 is 0 Å². The highest BCUT2D eigenvalue weighted by Crippen LogP contribution is 2.40. The summed E-state index contributed by atoms with van der Waals surface area (Å²) >= 11 is 18.8. The Kier molecular flexibility index (Phi) is 3.76. The summed E-state index contributed by atoms with van der Waals surface area (Å²) in [4.78, 5) is 20.0. The minimum Gasteiger partial charge on any atom is -0.505 e. The van der Waals surface area contributed by atoms with Gasteiger partial charge in [0.15, 0.2) is 5.75 Å². The molecule has 3 aromatic rings. The molecule has 0 atom stereocenters. The third-order valence-electron chi connectivity index (χ3n) is 3.78. The molecule has 4 nitrogen and oxygen atoms in total. The smallest absolute Gasteiger partial charge is 0.215 e. The van der Waals surface area contributed by atoms with Crippen LogP contribution in [-0.2, 0) is 0 Å². The summed E-state index contributed by atoms with van der Waals surface area (Å²) in [5.74, 6) is -0.332. The van der Waals surface area contributed by atoms with Crippen molar-refractivity contribution in [2.24, 2.45) is 4.99 Å². The second-order valence-electron chi connectivity index (χ2n) is 5.23. The lowest BCUT2D eigenvalue weighted by Gasteiger charge is -1.99. The number of aliphatic imine (C=N–C) groups is 1. The zero-order valence-electron chi connectivity index (χ0n) is 11.6. The highest BCUT2D eigenvalue weighted by molar-refractivity contribution is 9.10. The minimum absolute atomic E-state index is 0.0487. The zero-order chi connectivity index (χ0) is 17.2. The maximum atomic E-state index is 12.7. The van der Waals surface area contributed by atoms with Crippen LogP contribution in [0.3, 0.4) is 0 Å². The first kappa shape index (κ1) is 16.1. The molecule has 0 aliphatic carbocycles. The van der Waals surface area contributed by atoms with Gasteiger partial charge in [-0.1, -0.05) is 23.2 Å². The first-order valence-corrected chi connectivity index (χ1v) is 9.03. The van der Waals surface area contributed by atoms with Crippen molar-refractivity contribution in [2.45, 2.75) is 0 Å². The van der Waals surface area contributed by atoms with Crippen LogP contribution in [0.25, 0.3) is 10.9 Å². The lowest BCUT2D eigenvalue weighted by atomic mass is 10.1. The number of aromatic amines is 1. The Balaban J connectivity index is 1.91. The van der Waals surface area contributed by atoms with Crippen LogP contribution in [0.4, 0.5) is 5.69 Å². The number of carbonyl (C=O) groups excluding carboxylic acids is 1.